The number of rotatable bonds is 2. The van der Waals surface area contributed by atoms with E-state index >= 15 is 0 Å². The van der Waals surface area contributed by atoms with Crippen molar-refractivity contribution in [2.24, 2.45) is 0 Å². The van der Waals surface area contributed by atoms with Crippen molar-refractivity contribution in [3.8, 4) is 34.2 Å². The molecule has 5 heteroatoms. The number of fused-ring (bicyclic) bond motifs is 1. The second-order valence-corrected chi connectivity index (χ2v) is 7.15. The molecular weight excluding hydrogens is 356 g/mol. The monoisotopic (exact) mass is 366 g/mol. The lowest BCUT2D eigenvalue weighted by Crippen LogP contribution is -2.16. The van der Waals surface area contributed by atoms with Crippen LogP contribution in [-0.2, 0) is 6.54 Å². The standard InChI is InChI=1S/C19H11ClN2S2/c1-2-22-11-16-18(19(22)23)14(12-5-7-13(20)8-6-12)10-15(21-16)17-4-3-9-24-17/h1,3-10H,11H2. The predicted molar refractivity (Wildman–Crippen MR) is 104 cm³/mol. The van der Waals surface area contributed by atoms with E-state index in [1.165, 1.54) is 0 Å². The molecule has 2 aromatic heterocycles. The number of thiophene rings is 1. The highest BCUT2D eigenvalue weighted by atomic mass is 35.5. The van der Waals surface area contributed by atoms with Crippen LogP contribution in [-0.4, -0.2) is 14.9 Å². The number of pyridine rings is 1. The lowest BCUT2D eigenvalue weighted by atomic mass is 9.98. The summed E-state index contributed by atoms with van der Waals surface area (Å²) in [6.07, 6.45) is 5.59. The fourth-order valence-corrected chi connectivity index (χ4v) is 3.98. The van der Waals surface area contributed by atoms with Gasteiger partial charge in [-0.25, -0.2) is 4.98 Å². The number of benzene rings is 1. The van der Waals surface area contributed by atoms with Crippen LogP contribution in [0, 0.1) is 12.5 Å². The van der Waals surface area contributed by atoms with Crippen LogP contribution in [0.4, 0.5) is 0 Å². The van der Waals surface area contributed by atoms with Crippen LogP contribution in [0.1, 0.15) is 11.3 Å². The van der Waals surface area contributed by atoms with Crippen molar-refractivity contribution in [3.05, 3.63) is 64.1 Å². The number of hydrogen-bond donors (Lipinski definition) is 0. The van der Waals surface area contributed by atoms with Crippen LogP contribution in [0.2, 0.25) is 5.02 Å². The molecule has 116 valence electrons. The van der Waals surface area contributed by atoms with Crippen LogP contribution >= 0.6 is 35.2 Å². The zero-order valence-electron chi connectivity index (χ0n) is 12.5. The zero-order valence-corrected chi connectivity index (χ0v) is 14.9. The van der Waals surface area contributed by atoms with Crippen molar-refractivity contribution in [1.29, 1.82) is 0 Å². The summed E-state index contributed by atoms with van der Waals surface area (Å²) in [6.45, 7) is 0.546. The van der Waals surface area contributed by atoms with E-state index in [9.17, 15) is 0 Å². The van der Waals surface area contributed by atoms with Gasteiger partial charge in [-0.1, -0.05) is 48.4 Å². The van der Waals surface area contributed by atoms with E-state index in [1.54, 1.807) is 16.2 Å². The van der Waals surface area contributed by atoms with Gasteiger partial charge in [0.2, 0.25) is 0 Å². The maximum Gasteiger partial charge on any atom is 0.123 e. The Hall–Kier alpha value is -2.19. The number of halogens is 1. The third kappa shape index (κ3) is 2.51. The summed E-state index contributed by atoms with van der Waals surface area (Å²) in [6, 6.07) is 16.6. The van der Waals surface area contributed by atoms with E-state index in [4.69, 9.17) is 35.2 Å². The van der Waals surface area contributed by atoms with Crippen LogP contribution in [0.5, 0.6) is 0 Å². The Kier molecular flexibility index (Phi) is 3.85. The molecule has 0 bridgehead atoms. The van der Waals surface area contributed by atoms with Gasteiger partial charge in [0.1, 0.15) is 4.99 Å². The molecule has 0 unspecified atom stereocenters. The molecule has 4 rings (SSSR count). The zero-order chi connectivity index (χ0) is 16.7. The normalized spacial score (nSPS) is 13.0. The van der Waals surface area contributed by atoms with E-state index in [1.807, 2.05) is 35.7 Å². The van der Waals surface area contributed by atoms with Crippen LogP contribution in [0.15, 0.2) is 47.8 Å². The molecule has 0 atom stereocenters. The molecule has 2 nitrogen and oxygen atoms in total. The summed E-state index contributed by atoms with van der Waals surface area (Å²) in [5.41, 5.74) is 4.91. The minimum atomic E-state index is 0.546. The number of aromatic nitrogens is 1. The summed E-state index contributed by atoms with van der Waals surface area (Å²) in [5, 5.41) is 2.75. The maximum atomic E-state index is 6.03. The van der Waals surface area contributed by atoms with E-state index in [2.05, 4.69) is 18.2 Å². The van der Waals surface area contributed by atoms with Crippen LogP contribution in [0.3, 0.4) is 0 Å². The van der Waals surface area contributed by atoms with E-state index in [0.717, 1.165) is 33.0 Å². The van der Waals surface area contributed by atoms with Crippen molar-refractivity contribution in [3.63, 3.8) is 0 Å². The van der Waals surface area contributed by atoms with Gasteiger partial charge in [0.05, 0.1) is 22.8 Å². The molecule has 1 aromatic carbocycles. The SMILES string of the molecule is C#CN1Cc2nc(-c3cccs3)cc(-c3ccc(Cl)cc3)c2C1=S. The first-order valence-electron chi connectivity index (χ1n) is 7.29. The first-order chi connectivity index (χ1) is 11.7. The summed E-state index contributed by atoms with van der Waals surface area (Å²) < 4.78 is 0. The highest BCUT2D eigenvalue weighted by Gasteiger charge is 2.28. The average Bonchev–Trinajstić information content (AvgIpc) is 3.23. The minimum absolute atomic E-state index is 0.546. The Labute approximate surface area is 154 Å². The molecule has 3 heterocycles. The fraction of sp³-hybridized carbons (Fsp3) is 0.0526. The Morgan fingerprint density at radius 3 is 2.71 bits per heavy atom. The van der Waals surface area contributed by atoms with E-state index in [0.29, 0.717) is 16.6 Å². The Balaban J connectivity index is 1.96. The highest BCUT2D eigenvalue weighted by molar-refractivity contribution is 7.80. The van der Waals surface area contributed by atoms with E-state index < -0.39 is 0 Å². The topological polar surface area (TPSA) is 16.1 Å². The molecule has 0 fully saturated rings. The summed E-state index contributed by atoms with van der Waals surface area (Å²) in [4.78, 5) is 8.31. The number of nitrogens with zero attached hydrogens (tertiary/aromatic N) is 2. The molecule has 0 saturated carbocycles. The van der Waals surface area contributed by atoms with Crippen LogP contribution in [0.25, 0.3) is 21.7 Å². The average molecular weight is 367 g/mol. The Morgan fingerprint density at radius 1 is 1.25 bits per heavy atom. The van der Waals surface area contributed by atoms with Gasteiger partial charge in [0.15, 0.2) is 0 Å². The maximum absolute atomic E-state index is 6.03. The number of thiocarbonyl (C=S) groups is 1. The molecule has 0 radical (unpaired) electrons. The quantitative estimate of drug-likeness (QED) is 0.457. The lowest BCUT2D eigenvalue weighted by Gasteiger charge is -2.11. The first-order valence-corrected chi connectivity index (χ1v) is 8.96. The molecule has 0 amide bonds. The van der Waals surface area contributed by atoms with E-state index in [-0.39, 0.29) is 0 Å². The molecule has 24 heavy (non-hydrogen) atoms. The minimum Gasteiger partial charge on any atom is -0.285 e. The number of terminal acetylenes is 1. The smallest absolute Gasteiger partial charge is 0.123 e. The summed E-state index contributed by atoms with van der Waals surface area (Å²) in [7, 11) is 0. The molecule has 1 aliphatic rings. The predicted octanol–water partition coefficient (Wildman–Crippen LogP) is 5.21. The molecule has 3 aromatic rings. The van der Waals surface area contributed by atoms with Crippen molar-refractivity contribution in [2.75, 3.05) is 0 Å². The van der Waals surface area contributed by atoms with Crippen molar-refractivity contribution in [2.45, 2.75) is 6.54 Å². The largest absolute Gasteiger partial charge is 0.285 e. The van der Waals surface area contributed by atoms with Gasteiger partial charge in [-0.3, -0.25) is 4.90 Å². The third-order valence-electron chi connectivity index (χ3n) is 3.95. The molecule has 0 saturated heterocycles. The van der Waals surface area contributed by atoms with Crippen molar-refractivity contribution < 1.29 is 0 Å². The molecule has 0 spiro atoms. The highest BCUT2D eigenvalue weighted by Crippen LogP contribution is 2.36. The summed E-state index contributed by atoms with van der Waals surface area (Å²) >= 11 is 13.3. The molecule has 0 aliphatic carbocycles. The van der Waals surface area contributed by atoms with Gasteiger partial charge in [-0.05, 0) is 40.8 Å². The summed E-state index contributed by atoms with van der Waals surface area (Å²) in [5.74, 6) is 0. The fourth-order valence-electron chi connectivity index (χ4n) is 2.82. The first kappa shape index (κ1) is 15.3. The lowest BCUT2D eigenvalue weighted by molar-refractivity contribution is 0.610. The van der Waals surface area contributed by atoms with Gasteiger partial charge in [-0.15, -0.1) is 11.3 Å². The third-order valence-corrected chi connectivity index (χ3v) is 5.51. The number of hydrogen-bond acceptors (Lipinski definition) is 3. The molecule has 0 N–H and O–H groups in total. The van der Waals surface area contributed by atoms with Crippen LogP contribution < -0.4 is 0 Å². The van der Waals surface area contributed by atoms with Gasteiger partial charge in [-0.2, -0.15) is 0 Å². The molecular formula is C19H11ClN2S2. The molecule has 1 aliphatic heterocycles. The van der Waals surface area contributed by atoms with Gasteiger partial charge in [0.25, 0.3) is 0 Å². The van der Waals surface area contributed by atoms with Gasteiger partial charge >= 0.3 is 0 Å². The second-order valence-electron chi connectivity index (χ2n) is 5.38. The Bertz CT molecular complexity index is 970. The van der Waals surface area contributed by atoms with Crippen molar-refractivity contribution >= 4 is 40.1 Å². The Morgan fingerprint density at radius 2 is 2.04 bits per heavy atom. The second kappa shape index (κ2) is 6.03. The van der Waals surface area contributed by atoms with Crippen molar-refractivity contribution in [1.82, 2.24) is 9.88 Å². The van der Waals surface area contributed by atoms with Gasteiger partial charge < -0.3 is 0 Å². The van der Waals surface area contributed by atoms with Gasteiger partial charge in [0, 0.05) is 16.6 Å².